The van der Waals surface area contributed by atoms with Crippen LogP contribution in [0.25, 0.3) is 0 Å². The molecule has 0 saturated carbocycles. The lowest BCUT2D eigenvalue weighted by molar-refractivity contribution is 0.171. The Kier molecular flexibility index (Phi) is 9.39. The van der Waals surface area contributed by atoms with Gasteiger partial charge >= 0.3 is 0 Å². The summed E-state index contributed by atoms with van der Waals surface area (Å²) in [6.07, 6.45) is 3.74. The Labute approximate surface area is 207 Å². The molecule has 176 valence electrons. The van der Waals surface area contributed by atoms with Crippen LogP contribution in [0.15, 0.2) is 29.5 Å². The van der Waals surface area contributed by atoms with Gasteiger partial charge in [0.25, 0.3) is 0 Å². The monoisotopic (exact) mass is 555 g/mol. The topological polar surface area (TPSA) is 80.0 Å². The molecule has 32 heavy (non-hydrogen) atoms. The van der Waals surface area contributed by atoms with Crippen LogP contribution >= 0.6 is 24.0 Å². The Hall–Kier alpha value is -2.08. The van der Waals surface area contributed by atoms with Crippen molar-refractivity contribution < 1.29 is 9.47 Å². The predicted molar refractivity (Wildman–Crippen MR) is 135 cm³/mol. The Morgan fingerprint density at radius 2 is 1.94 bits per heavy atom. The molecule has 2 aliphatic heterocycles. The molecule has 1 saturated heterocycles. The second-order valence-corrected chi connectivity index (χ2v) is 7.88. The standard InChI is InChI=1S/C22H33N7O2.HI/c1-3-7-23-22(24-8-9-29-16-25-26-21(29)4-2)28-12-10-27(11-13-28)15-18-5-6-19-20(14-18)31-17-30-19;/h5-6,14,16H,3-4,7-13,15,17H2,1-2H3,(H,23,24);1H. The van der Waals surface area contributed by atoms with Crippen LogP contribution in [0, 0.1) is 0 Å². The van der Waals surface area contributed by atoms with Crippen molar-refractivity contribution in [3.05, 3.63) is 35.9 Å². The Balaban J connectivity index is 0.00000289. The van der Waals surface area contributed by atoms with E-state index in [1.165, 1.54) is 5.56 Å². The summed E-state index contributed by atoms with van der Waals surface area (Å²) in [5.74, 6) is 3.73. The molecular formula is C22H34IN7O2. The van der Waals surface area contributed by atoms with E-state index in [0.29, 0.717) is 6.79 Å². The summed E-state index contributed by atoms with van der Waals surface area (Å²) in [4.78, 5) is 9.67. The van der Waals surface area contributed by atoms with Crippen molar-refractivity contribution in [1.82, 2.24) is 29.9 Å². The third kappa shape index (κ3) is 6.25. The summed E-state index contributed by atoms with van der Waals surface area (Å²) in [5, 5.41) is 11.7. The minimum atomic E-state index is 0. The van der Waals surface area contributed by atoms with Crippen molar-refractivity contribution >= 4 is 29.9 Å². The molecule has 3 heterocycles. The molecule has 1 N–H and O–H groups in total. The van der Waals surface area contributed by atoms with E-state index in [1.807, 2.05) is 6.07 Å². The number of ether oxygens (including phenoxy) is 2. The van der Waals surface area contributed by atoms with E-state index in [1.54, 1.807) is 6.33 Å². The van der Waals surface area contributed by atoms with Gasteiger partial charge in [0.2, 0.25) is 6.79 Å². The number of fused-ring (bicyclic) bond motifs is 1. The molecule has 4 rings (SSSR count). The second kappa shape index (κ2) is 12.2. The van der Waals surface area contributed by atoms with Crippen molar-refractivity contribution in [3.63, 3.8) is 0 Å². The number of hydrogen-bond donors (Lipinski definition) is 1. The van der Waals surface area contributed by atoms with E-state index in [4.69, 9.17) is 14.5 Å². The zero-order chi connectivity index (χ0) is 21.5. The largest absolute Gasteiger partial charge is 0.454 e. The first-order valence-electron chi connectivity index (χ1n) is 11.3. The zero-order valence-electron chi connectivity index (χ0n) is 19.0. The van der Waals surface area contributed by atoms with Crippen molar-refractivity contribution in [3.8, 4) is 11.5 Å². The van der Waals surface area contributed by atoms with Crippen molar-refractivity contribution in [1.29, 1.82) is 0 Å². The van der Waals surface area contributed by atoms with Crippen LogP contribution in [0.5, 0.6) is 11.5 Å². The van der Waals surface area contributed by atoms with Crippen LogP contribution in [0.3, 0.4) is 0 Å². The van der Waals surface area contributed by atoms with E-state index in [0.717, 1.165) is 88.5 Å². The fourth-order valence-electron chi connectivity index (χ4n) is 3.93. The SMILES string of the molecule is CCCN=C(NCCn1cnnc1CC)N1CCN(Cc2ccc3c(c2)OCO3)CC1.I. The first-order chi connectivity index (χ1) is 15.3. The lowest BCUT2D eigenvalue weighted by Gasteiger charge is -2.36. The van der Waals surface area contributed by atoms with Gasteiger partial charge in [-0.2, -0.15) is 0 Å². The van der Waals surface area contributed by atoms with Crippen LogP contribution < -0.4 is 14.8 Å². The molecule has 0 radical (unpaired) electrons. The average molecular weight is 555 g/mol. The quantitative estimate of drug-likeness (QED) is 0.305. The van der Waals surface area contributed by atoms with Gasteiger partial charge in [-0.3, -0.25) is 9.89 Å². The molecule has 0 unspecified atom stereocenters. The molecule has 0 bridgehead atoms. The molecule has 0 spiro atoms. The first kappa shape index (κ1) is 24.6. The smallest absolute Gasteiger partial charge is 0.231 e. The summed E-state index contributed by atoms with van der Waals surface area (Å²) in [6.45, 7) is 11.9. The van der Waals surface area contributed by atoms with Gasteiger partial charge in [0.1, 0.15) is 12.2 Å². The molecule has 0 atom stereocenters. The summed E-state index contributed by atoms with van der Waals surface area (Å²) in [7, 11) is 0. The number of halogens is 1. The third-order valence-corrected chi connectivity index (χ3v) is 5.65. The van der Waals surface area contributed by atoms with E-state index >= 15 is 0 Å². The summed E-state index contributed by atoms with van der Waals surface area (Å²) >= 11 is 0. The van der Waals surface area contributed by atoms with Gasteiger partial charge in [-0.15, -0.1) is 34.2 Å². The number of aromatic nitrogens is 3. The molecule has 10 heteroatoms. The van der Waals surface area contributed by atoms with E-state index in [9.17, 15) is 0 Å². The Morgan fingerprint density at radius 3 is 2.72 bits per heavy atom. The van der Waals surface area contributed by atoms with Crippen molar-refractivity contribution in [2.45, 2.75) is 39.8 Å². The summed E-state index contributed by atoms with van der Waals surface area (Å²) < 4.78 is 13.0. The number of nitrogens with zero attached hydrogens (tertiary/aromatic N) is 6. The molecular weight excluding hydrogens is 521 g/mol. The molecule has 9 nitrogen and oxygen atoms in total. The van der Waals surface area contributed by atoms with Crippen LogP contribution in [0.4, 0.5) is 0 Å². The third-order valence-electron chi connectivity index (χ3n) is 5.65. The van der Waals surface area contributed by atoms with Gasteiger partial charge < -0.3 is 24.3 Å². The average Bonchev–Trinajstić information content (AvgIpc) is 3.45. The van der Waals surface area contributed by atoms with Gasteiger partial charge in [-0.1, -0.05) is 19.9 Å². The normalized spacial score (nSPS) is 16.2. The maximum absolute atomic E-state index is 5.51. The van der Waals surface area contributed by atoms with Gasteiger partial charge in [0, 0.05) is 58.8 Å². The number of aryl methyl sites for hydroxylation is 1. The number of piperazine rings is 1. The van der Waals surface area contributed by atoms with Crippen LogP contribution in [0.2, 0.25) is 0 Å². The summed E-state index contributed by atoms with van der Waals surface area (Å²) in [6, 6.07) is 6.23. The molecule has 2 aliphatic rings. The second-order valence-electron chi connectivity index (χ2n) is 7.88. The number of aliphatic imine (C=N–C) groups is 1. The van der Waals surface area contributed by atoms with Crippen LogP contribution in [0.1, 0.15) is 31.7 Å². The van der Waals surface area contributed by atoms with E-state index in [-0.39, 0.29) is 24.0 Å². The zero-order valence-corrected chi connectivity index (χ0v) is 21.3. The number of rotatable bonds is 8. The highest BCUT2D eigenvalue weighted by Crippen LogP contribution is 2.32. The molecule has 0 amide bonds. The lowest BCUT2D eigenvalue weighted by Crippen LogP contribution is -2.52. The van der Waals surface area contributed by atoms with Gasteiger partial charge in [0.05, 0.1) is 0 Å². The highest BCUT2D eigenvalue weighted by molar-refractivity contribution is 14.0. The van der Waals surface area contributed by atoms with Gasteiger partial charge in [-0.25, -0.2) is 0 Å². The minimum absolute atomic E-state index is 0. The Bertz CT molecular complexity index is 881. The van der Waals surface area contributed by atoms with Crippen molar-refractivity contribution in [2.75, 3.05) is 46.1 Å². The maximum atomic E-state index is 5.51. The molecule has 1 aromatic carbocycles. The number of nitrogens with one attached hydrogen (secondary N) is 1. The molecule has 1 fully saturated rings. The highest BCUT2D eigenvalue weighted by atomic mass is 127. The number of guanidine groups is 1. The summed E-state index contributed by atoms with van der Waals surface area (Å²) in [5.41, 5.74) is 1.26. The molecule has 1 aromatic heterocycles. The number of benzene rings is 1. The fourth-order valence-corrected chi connectivity index (χ4v) is 3.93. The first-order valence-corrected chi connectivity index (χ1v) is 11.3. The van der Waals surface area contributed by atoms with Gasteiger partial charge in [-0.05, 0) is 24.1 Å². The number of hydrogen-bond acceptors (Lipinski definition) is 6. The van der Waals surface area contributed by atoms with Gasteiger partial charge in [0.15, 0.2) is 17.5 Å². The van der Waals surface area contributed by atoms with Crippen LogP contribution in [-0.4, -0.2) is 76.6 Å². The molecule has 2 aromatic rings. The lowest BCUT2D eigenvalue weighted by atomic mass is 10.1. The minimum Gasteiger partial charge on any atom is -0.454 e. The van der Waals surface area contributed by atoms with E-state index in [2.05, 4.69) is 55.9 Å². The van der Waals surface area contributed by atoms with Crippen molar-refractivity contribution in [2.24, 2.45) is 4.99 Å². The predicted octanol–water partition coefficient (Wildman–Crippen LogP) is 2.36. The Morgan fingerprint density at radius 1 is 1.12 bits per heavy atom. The van der Waals surface area contributed by atoms with Crippen LogP contribution in [-0.2, 0) is 19.5 Å². The van der Waals surface area contributed by atoms with E-state index < -0.39 is 0 Å². The maximum Gasteiger partial charge on any atom is 0.231 e. The highest BCUT2D eigenvalue weighted by Gasteiger charge is 2.21. The molecule has 0 aliphatic carbocycles. The fraction of sp³-hybridized carbons (Fsp3) is 0.591.